The lowest BCUT2D eigenvalue weighted by Gasteiger charge is -2.11. The van der Waals surface area contributed by atoms with Crippen LogP contribution in [-0.2, 0) is 13.2 Å². The summed E-state index contributed by atoms with van der Waals surface area (Å²) in [6.07, 6.45) is 1.87. The minimum Gasteiger partial charge on any atom is -0.485 e. The third-order valence-corrected chi connectivity index (χ3v) is 5.44. The maximum Gasteiger partial charge on any atom is 0.144 e. The highest BCUT2D eigenvalue weighted by Gasteiger charge is 2.16. The number of nitrogens with zero attached hydrogens (tertiary/aromatic N) is 2. The lowest BCUT2D eigenvalue weighted by atomic mass is 9.98. The fourth-order valence-electron chi connectivity index (χ4n) is 3.99. The summed E-state index contributed by atoms with van der Waals surface area (Å²) in [7, 11) is 0. The molecular formula is C26H23N3O2. The molecule has 0 spiro atoms. The van der Waals surface area contributed by atoms with E-state index in [9.17, 15) is 5.11 Å². The van der Waals surface area contributed by atoms with Crippen molar-refractivity contribution in [2.45, 2.75) is 27.1 Å². The van der Waals surface area contributed by atoms with Gasteiger partial charge in [0.25, 0.3) is 0 Å². The summed E-state index contributed by atoms with van der Waals surface area (Å²) in [6.45, 7) is 4.38. The van der Waals surface area contributed by atoms with Gasteiger partial charge in [0.2, 0.25) is 0 Å². The number of pyridine rings is 2. The number of benzene rings is 2. The first-order chi connectivity index (χ1) is 15.1. The van der Waals surface area contributed by atoms with Crippen LogP contribution in [0.2, 0.25) is 0 Å². The van der Waals surface area contributed by atoms with Crippen molar-refractivity contribution in [1.82, 2.24) is 15.0 Å². The van der Waals surface area contributed by atoms with Crippen LogP contribution in [0.4, 0.5) is 0 Å². The third-order valence-electron chi connectivity index (χ3n) is 5.44. The van der Waals surface area contributed by atoms with Gasteiger partial charge in [-0.2, -0.15) is 0 Å². The summed E-state index contributed by atoms with van der Waals surface area (Å²) >= 11 is 0. The number of nitrogens with one attached hydrogen (secondary N) is 1. The van der Waals surface area contributed by atoms with Crippen molar-refractivity contribution >= 4 is 21.9 Å². The molecule has 0 saturated carbocycles. The smallest absolute Gasteiger partial charge is 0.144 e. The van der Waals surface area contributed by atoms with Crippen molar-refractivity contribution in [3.63, 3.8) is 0 Å². The number of aliphatic hydroxyl groups excluding tert-OH is 1. The molecule has 0 aliphatic heterocycles. The lowest BCUT2D eigenvalue weighted by molar-refractivity contribution is 0.273. The van der Waals surface area contributed by atoms with Gasteiger partial charge in [-0.1, -0.05) is 35.9 Å². The predicted octanol–water partition coefficient (Wildman–Crippen LogP) is 5.47. The molecular weight excluding hydrogens is 386 g/mol. The number of H-pyrrole nitrogens is 1. The van der Waals surface area contributed by atoms with E-state index in [0.29, 0.717) is 12.3 Å². The molecule has 2 N–H and O–H groups in total. The van der Waals surface area contributed by atoms with Crippen LogP contribution in [0.3, 0.4) is 0 Å². The zero-order chi connectivity index (χ0) is 21.4. The van der Waals surface area contributed by atoms with Gasteiger partial charge >= 0.3 is 0 Å². The zero-order valence-corrected chi connectivity index (χ0v) is 17.5. The second kappa shape index (κ2) is 7.85. The van der Waals surface area contributed by atoms with E-state index in [0.717, 1.165) is 50.1 Å². The Bertz CT molecular complexity index is 1400. The first kappa shape index (κ1) is 19.3. The molecule has 0 unspecified atom stereocenters. The molecule has 2 aromatic carbocycles. The van der Waals surface area contributed by atoms with Crippen molar-refractivity contribution in [2.24, 2.45) is 0 Å². The van der Waals surface area contributed by atoms with Crippen LogP contribution in [0.1, 0.15) is 22.5 Å². The number of fused-ring (bicyclic) bond motifs is 3. The molecule has 5 rings (SSSR count). The second-order valence-electron chi connectivity index (χ2n) is 7.83. The van der Waals surface area contributed by atoms with Gasteiger partial charge < -0.3 is 14.8 Å². The Labute approximate surface area is 180 Å². The number of hydrogen-bond acceptors (Lipinski definition) is 4. The molecule has 5 heteroatoms. The van der Waals surface area contributed by atoms with Gasteiger partial charge in [0.05, 0.1) is 23.5 Å². The largest absolute Gasteiger partial charge is 0.485 e. The number of ether oxygens (including phenoxy) is 1. The number of aromatic amines is 1. The molecule has 0 fully saturated rings. The highest BCUT2D eigenvalue weighted by atomic mass is 16.5. The first-order valence-corrected chi connectivity index (χ1v) is 10.3. The Morgan fingerprint density at radius 3 is 2.61 bits per heavy atom. The van der Waals surface area contributed by atoms with E-state index in [1.54, 1.807) is 6.07 Å². The number of aromatic nitrogens is 3. The maximum absolute atomic E-state index is 9.33. The van der Waals surface area contributed by atoms with E-state index < -0.39 is 0 Å². The van der Waals surface area contributed by atoms with Gasteiger partial charge in [0, 0.05) is 17.0 Å². The normalized spacial score (nSPS) is 11.3. The van der Waals surface area contributed by atoms with Gasteiger partial charge in [0.15, 0.2) is 0 Å². The highest BCUT2D eigenvalue weighted by Crippen LogP contribution is 2.39. The summed E-state index contributed by atoms with van der Waals surface area (Å²) < 4.78 is 6.18. The molecule has 0 atom stereocenters. The molecule has 3 aromatic heterocycles. The minimum absolute atomic E-state index is 0.0870. The highest BCUT2D eigenvalue weighted by molar-refractivity contribution is 6.15. The van der Waals surface area contributed by atoms with Crippen LogP contribution in [0.15, 0.2) is 66.9 Å². The Balaban J connectivity index is 1.65. The van der Waals surface area contributed by atoms with Crippen molar-refractivity contribution < 1.29 is 9.84 Å². The monoisotopic (exact) mass is 409 g/mol. The molecule has 0 aliphatic rings. The van der Waals surface area contributed by atoms with Gasteiger partial charge in [-0.3, -0.25) is 4.98 Å². The summed E-state index contributed by atoms with van der Waals surface area (Å²) in [6, 6.07) is 20.4. The zero-order valence-electron chi connectivity index (χ0n) is 17.5. The van der Waals surface area contributed by atoms with Crippen LogP contribution < -0.4 is 4.74 Å². The molecule has 31 heavy (non-hydrogen) atoms. The summed E-state index contributed by atoms with van der Waals surface area (Å²) in [5.74, 6) is 0.748. The Morgan fingerprint density at radius 2 is 1.77 bits per heavy atom. The molecule has 5 aromatic rings. The summed E-state index contributed by atoms with van der Waals surface area (Å²) in [5, 5.41) is 11.5. The number of rotatable bonds is 5. The van der Waals surface area contributed by atoms with E-state index in [4.69, 9.17) is 4.74 Å². The Morgan fingerprint density at radius 1 is 0.935 bits per heavy atom. The molecule has 0 aliphatic carbocycles. The molecule has 3 heterocycles. The lowest BCUT2D eigenvalue weighted by Crippen LogP contribution is -2.01. The average Bonchev–Trinajstić information content (AvgIpc) is 3.16. The maximum atomic E-state index is 9.33. The quantitative estimate of drug-likeness (QED) is 0.404. The van der Waals surface area contributed by atoms with E-state index in [1.807, 2.05) is 24.4 Å². The van der Waals surface area contributed by atoms with Crippen LogP contribution in [0.5, 0.6) is 5.75 Å². The Kier molecular flexibility index (Phi) is 4.88. The second-order valence-corrected chi connectivity index (χ2v) is 7.83. The number of aryl methyl sites for hydroxylation is 2. The van der Waals surface area contributed by atoms with Crippen LogP contribution in [-0.4, -0.2) is 20.1 Å². The molecule has 0 amide bonds. The number of hydrogen-bond donors (Lipinski definition) is 2. The first-order valence-electron chi connectivity index (χ1n) is 10.3. The van der Waals surface area contributed by atoms with Gasteiger partial charge in [-0.15, -0.1) is 0 Å². The van der Waals surface area contributed by atoms with E-state index >= 15 is 0 Å². The molecule has 154 valence electrons. The molecule has 0 radical (unpaired) electrons. The molecule has 0 bridgehead atoms. The molecule has 0 saturated heterocycles. The number of aliphatic hydroxyl groups is 1. The fourth-order valence-corrected chi connectivity index (χ4v) is 3.99. The van der Waals surface area contributed by atoms with Crippen molar-refractivity contribution in [3.8, 4) is 16.9 Å². The standard InChI is InChI=1S/C26H23N3O2/c1-16-5-3-6-18(11-16)21-9-10-23(31-15-20-8-4-7-19(14-30)28-20)25-24(21)22-12-17(2)13-27-26(22)29-25/h3-13,30H,14-15H2,1-2H3,(H,27,29). The fraction of sp³-hybridized carbons (Fsp3) is 0.154. The van der Waals surface area contributed by atoms with E-state index in [1.165, 1.54) is 5.56 Å². The van der Waals surface area contributed by atoms with E-state index in [2.05, 4.69) is 65.2 Å². The van der Waals surface area contributed by atoms with Crippen molar-refractivity contribution in [2.75, 3.05) is 0 Å². The minimum atomic E-state index is -0.0870. The van der Waals surface area contributed by atoms with Crippen LogP contribution in [0, 0.1) is 13.8 Å². The Hall–Kier alpha value is -3.70. The van der Waals surface area contributed by atoms with Gasteiger partial charge in [-0.05, 0) is 60.9 Å². The van der Waals surface area contributed by atoms with Crippen molar-refractivity contribution in [3.05, 3.63) is 89.4 Å². The van der Waals surface area contributed by atoms with Crippen molar-refractivity contribution in [1.29, 1.82) is 0 Å². The summed E-state index contributed by atoms with van der Waals surface area (Å²) in [4.78, 5) is 12.5. The topological polar surface area (TPSA) is 71.0 Å². The van der Waals surface area contributed by atoms with Crippen LogP contribution >= 0.6 is 0 Å². The van der Waals surface area contributed by atoms with Gasteiger partial charge in [0.1, 0.15) is 18.0 Å². The molecule has 5 nitrogen and oxygen atoms in total. The average molecular weight is 409 g/mol. The SMILES string of the molecule is Cc1cccc(-c2ccc(OCc3cccc(CO)n3)c3[nH]c4ncc(C)cc4c23)c1. The predicted molar refractivity (Wildman–Crippen MR) is 123 cm³/mol. The third kappa shape index (κ3) is 3.64. The van der Waals surface area contributed by atoms with Gasteiger partial charge in [-0.25, -0.2) is 4.98 Å². The van der Waals surface area contributed by atoms with Crippen LogP contribution in [0.25, 0.3) is 33.1 Å². The summed E-state index contributed by atoms with van der Waals surface area (Å²) in [5.41, 5.74) is 7.80. The van der Waals surface area contributed by atoms with E-state index in [-0.39, 0.29) is 6.61 Å².